The molecule has 0 aromatic rings. The molecule has 1 N–H and O–H groups in total. The Morgan fingerprint density at radius 2 is 1.79 bits per heavy atom. The molecule has 1 unspecified atom stereocenters. The Labute approximate surface area is 89.7 Å². The number of hydrogen-bond donors (Lipinski definition) is 1. The maximum absolute atomic E-state index is 3.66. The van der Waals surface area contributed by atoms with Gasteiger partial charge in [-0.25, -0.2) is 0 Å². The Morgan fingerprint density at radius 3 is 2.29 bits per heavy atom. The van der Waals surface area contributed by atoms with Gasteiger partial charge >= 0.3 is 0 Å². The van der Waals surface area contributed by atoms with Gasteiger partial charge in [0, 0.05) is 6.04 Å². The summed E-state index contributed by atoms with van der Waals surface area (Å²) in [5.41, 5.74) is 0.637. The van der Waals surface area contributed by atoms with Crippen molar-refractivity contribution >= 4 is 0 Å². The lowest BCUT2D eigenvalue weighted by Gasteiger charge is -2.20. The molecule has 0 aromatic heterocycles. The third-order valence-electron chi connectivity index (χ3n) is 3.74. The molecular formula is C13H27N. The van der Waals surface area contributed by atoms with E-state index < -0.39 is 0 Å². The first kappa shape index (κ1) is 12.0. The molecule has 1 rings (SSSR count). The molecule has 1 saturated carbocycles. The second-order valence-corrected chi connectivity index (χ2v) is 5.72. The first-order chi connectivity index (χ1) is 6.54. The number of rotatable bonds is 7. The zero-order valence-corrected chi connectivity index (χ0v) is 10.4. The Balaban J connectivity index is 1.93. The van der Waals surface area contributed by atoms with E-state index in [1.807, 2.05) is 0 Å². The summed E-state index contributed by atoms with van der Waals surface area (Å²) in [5, 5.41) is 3.66. The standard InChI is InChI=1S/C13H27N/c1-11(2)7-5-6-10-14-12(3)13(4)8-9-13/h11-12,14H,5-10H2,1-4H3. The summed E-state index contributed by atoms with van der Waals surface area (Å²) in [6.07, 6.45) is 6.96. The third kappa shape index (κ3) is 4.00. The Kier molecular flexibility index (Phi) is 4.43. The molecule has 0 radical (unpaired) electrons. The summed E-state index contributed by atoms with van der Waals surface area (Å²) in [5.74, 6) is 0.869. The van der Waals surface area contributed by atoms with Crippen molar-refractivity contribution in [3.63, 3.8) is 0 Å². The molecule has 14 heavy (non-hydrogen) atoms. The SMILES string of the molecule is CC(C)CCCCNC(C)C1(C)CC1. The van der Waals surface area contributed by atoms with Crippen LogP contribution in [0.3, 0.4) is 0 Å². The van der Waals surface area contributed by atoms with Crippen LogP contribution in [-0.2, 0) is 0 Å². The van der Waals surface area contributed by atoms with Gasteiger partial charge in [0.05, 0.1) is 0 Å². The van der Waals surface area contributed by atoms with Gasteiger partial charge in [0.15, 0.2) is 0 Å². The van der Waals surface area contributed by atoms with Crippen LogP contribution in [0.15, 0.2) is 0 Å². The molecule has 1 atom stereocenters. The fraction of sp³-hybridized carbons (Fsp3) is 1.00. The number of hydrogen-bond acceptors (Lipinski definition) is 1. The molecule has 0 heterocycles. The Morgan fingerprint density at radius 1 is 1.14 bits per heavy atom. The quantitative estimate of drug-likeness (QED) is 0.615. The van der Waals surface area contributed by atoms with Gasteiger partial charge in [0.2, 0.25) is 0 Å². The summed E-state index contributed by atoms with van der Waals surface area (Å²) in [7, 11) is 0. The molecule has 0 spiro atoms. The van der Waals surface area contributed by atoms with Gasteiger partial charge < -0.3 is 5.32 Å². The molecule has 0 amide bonds. The third-order valence-corrected chi connectivity index (χ3v) is 3.74. The maximum Gasteiger partial charge on any atom is 0.00925 e. The van der Waals surface area contributed by atoms with Gasteiger partial charge in [0.1, 0.15) is 0 Å². The molecule has 1 aliphatic carbocycles. The second kappa shape index (κ2) is 5.16. The van der Waals surface area contributed by atoms with Gasteiger partial charge in [-0.3, -0.25) is 0 Å². The van der Waals surface area contributed by atoms with E-state index in [0.29, 0.717) is 5.41 Å². The van der Waals surface area contributed by atoms with Gasteiger partial charge in [-0.1, -0.05) is 33.6 Å². The van der Waals surface area contributed by atoms with Crippen LogP contribution in [0, 0.1) is 11.3 Å². The zero-order chi connectivity index (χ0) is 10.6. The molecule has 0 bridgehead atoms. The van der Waals surface area contributed by atoms with Crippen LogP contribution in [0.4, 0.5) is 0 Å². The van der Waals surface area contributed by atoms with Gasteiger partial charge in [-0.05, 0) is 44.1 Å². The fourth-order valence-corrected chi connectivity index (χ4v) is 1.87. The van der Waals surface area contributed by atoms with Gasteiger partial charge in [-0.15, -0.1) is 0 Å². The van der Waals surface area contributed by atoms with E-state index in [1.165, 1.54) is 38.6 Å². The van der Waals surface area contributed by atoms with E-state index in [2.05, 4.69) is 33.0 Å². The zero-order valence-electron chi connectivity index (χ0n) is 10.4. The molecule has 1 fully saturated rings. The van der Waals surface area contributed by atoms with Crippen LogP contribution in [-0.4, -0.2) is 12.6 Å². The van der Waals surface area contributed by atoms with E-state index in [4.69, 9.17) is 0 Å². The van der Waals surface area contributed by atoms with Crippen LogP contribution < -0.4 is 5.32 Å². The highest BCUT2D eigenvalue weighted by Crippen LogP contribution is 2.47. The predicted molar refractivity (Wildman–Crippen MR) is 63.5 cm³/mol. The highest BCUT2D eigenvalue weighted by molar-refractivity contribution is 4.96. The van der Waals surface area contributed by atoms with Crippen LogP contribution >= 0.6 is 0 Å². The molecule has 0 aliphatic heterocycles. The lowest BCUT2D eigenvalue weighted by molar-refractivity contribution is 0.374. The average molecular weight is 197 g/mol. The fourth-order valence-electron chi connectivity index (χ4n) is 1.87. The van der Waals surface area contributed by atoms with Crippen molar-refractivity contribution in [3.8, 4) is 0 Å². The Hall–Kier alpha value is -0.0400. The van der Waals surface area contributed by atoms with Crippen molar-refractivity contribution in [3.05, 3.63) is 0 Å². The second-order valence-electron chi connectivity index (χ2n) is 5.72. The van der Waals surface area contributed by atoms with E-state index in [0.717, 1.165) is 12.0 Å². The number of unbranched alkanes of at least 4 members (excludes halogenated alkanes) is 1. The summed E-state index contributed by atoms with van der Waals surface area (Å²) in [6.45, 7) is 10.6. The van der Waals surface area contributed by atoms with E-state index in [1.54, 1.807) is 0 Å². The van der Waals surface area contributed by atoms with Crippen molar-refractivity contribution < 1.29 is 0 Å². The average Bonchev–Trinajstić information content (AvgIpc) is 2.83. The highest BCUT2D eigenvalue weighted by atomic mass is 14.9. The molecule has 0 saturated heterocycles. The Bertz CT molecular complexity index is 159. The largest absolute Gasteiger partial charge is 0.314 e. The molecule has 1 heteroatoms. The van der Waals surface area contributed by atoms with Gasteiger partial charge in [0.25, 0.3) is 0 Å². The van der Waals surface area contributed by atoms with Crippen molar-refractivity contribution in [2.24, 2.45) is 11.3 Å². The maximum atomic E-state index is 3.66. The van der Waals surface area contributed by atoms with Crippen LogP contribution in [0.25, 0.3) is 0 Å². The summed E-state index contributed by atoms with van der Waals surface area (Å²) >= 11 is 0. The van der Waals surface area contributed by atoms with Crippen molar-refractivity contribution in [1.82, 2.24) is 5.32 Å². The normalized spacial score (nSPS) is 21.2. The molecule has 0 aromatic carbocycles. The van der Waals surface area contributed by atoms with E-state index >= 15 is 0 Å². The molecule has 1 aliphatic rings. The summed E-state index contributed by atoms with van der Waals surface area (Å²) in [4.78, 5) is 0. The lowest BCUT2D eigenvalue weighted by atomic mass is 10.0. The van der Waals surface area contributed by atoms with Crippen molar-refractivity contribution in [2.75, 3.05) is 6.54 Å². The van der Waals surface area contributed by atoms with Crippen molar-refractivity contribution in [1.29, 1.82) is 0 Å². The topological polar surface area (TPSA) is 12.0 Å². The summed E-state index contributed by atoms with van der Waals surface area (Å²) < 4.78 is 0. The van der Waals surface area contributed by atoms with Crippen LogP contribution in [0.1, 0.15) is 59.8 Å². The molecular weight excluding hydrogens is 170 g/mol. The minimum atomic E-state index is 0.637. The monoisotopic (exact) mass is 197 g/mol. The van der Waals surface area contributed by atoms with Gasteiger partial charge in [-0.2, -0.15) is 0 Å². The summed E-state index contributed by atoms with van der Waals surface area (Å²) in [6, 6.07) is 0.724. The van der Waals surface area contributed by atoms with E-state index in [9.17, 15) is 0 Å². The molecule has 1 nitrogen and oxygen atoms in total. The minimum Gasteiger partial charge on any atom is -0.314 e. The first-order valence-corrected chi connectivity index (χ1v) is 6.28. The van der Waals surface area contributed by atoms with E-state index in [-0.39, 0.29) is 0 Å². The highest BCUT2D eigenvalue weighted by Gasteiger charge is 2.41. The first-order valence-electron chi connectivity index (χ1n) is 6.28. The lowest BCUT2D eigenvalue weighted by Crippen LogP contribution is -2.33. The minimum absolute atomic E-state index is 0.637. The molecule has 84 valence electrons. The number of nitrogens with one attached hydrogen (secondary N) is 1. The van der Waals surface area contributed by atoms with Crippen molar-refractivity contribution in [2.45, 2.75) is 65.8 Å². The van der Waals surface area contributed by atoms with Crippen LogP contribution in [0.5, 0.6) is 0 Å². The van der Waals surface area contributed by atoms with Crippen LogP contribution in [0.2, 0.25) is 0 Å². The predicted octanol–water partition coefficient (Wildman–Crippen LogP) is 3.59. The smallest absolute Gasteiger partial charge is 0.00925 e.